The Morgan fingerprint density at radius 2 is 1.94 bits per heavy atom. The van der Waals surface area contributed by atoms with E-state index in [4.69, 9.17) is 4.74 Å². The Morgan fingerprint density at radius 3 is 2.41 bits per heavy atom. The Morgan fingerprint density at radius 1 is 1.35 bits per heavy atom. The molecule has 2 unspecified atom stereocenters. The molecule has 0 saturated carbocycles. The van der Waals surface area contributed by atoms with Gasteiger partial charge in [0, 0.05) is 11.5 Å². The molecule has 0 radical (unpaired) electrons. The van der Waals surface area contributed by atoms with Gasteiger partial charge < -0.3 is 4.74 Å². The zero-order chi connectivity index (χ0) is 12.6. The van der Waals surface area contributed by atoms with E-state index >= 15 is 0 Å². The van der Waals surface area contributed by atoms with E-state index in [0.29, 0.717) is 23.3 Å². The molecule has 1 heterocycles. The summed E-state index contributed by atoms with van der Waals surface area (Å²) in [5.74, 6) is -0.229. The summed E-state index contributed by atoms with van der Waals surface area (Å²) in [5, 5.41) is 0. The summed E-state index contributed by atoms with van der Waals surface area (Å²) < 4.78 is 18.9. The zero-order valence-corrected chi connectivity index (χ0v) is 10.4. The number of rotatable bonds is 2. The summed E-state index contributed by atoms with van der Waals surface area (Å²) in [7, 11) is 0. The van der Waals surface area contributed by atoms with Crippen LogP contribution in [0.5, 0.6) is 0 Å². The zero-order valence-electron chi connectivity index (χ0n) is 10.4. The molecule has 2 rings (SSSR count). The smallest absolute Gasteiger partial charge is 0.168 e. The van der Waals surface area contributed by atoms with Crippen LogP contribution in [0.1, 0.15) is 34.8 Å². The van der Waals surface area contributed by atoms with Gasteiger partial charge >= 0.3 is 0 Å². The molecule has 1 aliphatic rings. The number of hydrogen-bond donors (Lipinski definition) is 0. The fraction of sp³-hybridized carbons (Fsp3) is 0.500. The minimum atomic E-state index is -0.224. The summed E-state index contributed by atoms with van der Waals surface area (Å²) in [6.07, 6.45) is 0.903. The van der Waals surface area contributed by atoms with Crippen LogP contribution in [0.2, 0.25) is 0 Å². The van der Waals surface area contributed by atoms with Crippen LogP contribution in [-0.2, 0) is 4.74 Å². The van der Waals surface area contributed by atoms with Gasteiger partial charge in [-0.1, -0.05) is 0 Å². The van der Waals surface area contributed by atoms with Gasteiger partial charge in [0.1, 0.15) is 5.82 Å². The Balaban J connectivity index is 2.25. The predicted octanol–water partition coefficient (Wildman–Crippen LogP) is 3.05. The summed E-state index contributed by atoms with van der Waals surface area (Å²) in [6, 6.07) is 3.27. The van der Waals surface area contributed by atoms with Crippen LogP contribution in [0.3, 0.4) is 0 Å². The monoisotopic (exact) mass is 236 g/mol. The lowest BCUT2D eigenvalue weighted by molar-refractivity contribution is 0.0877. The van der Waals surface area contributed by atoms with Crippen molar-refractivity contribution < 1.29 is 13.9 Å². The van der Waals surface area contributed by atoms with Gasteiger partial charge in [-0.15, -0.1) is 0 Å². The van der Waals surface area contributed by atoms with Gasteiger partial charge in [0.05, 0.1) is 12.7 Å². The van der Waals surface area contributed by atoms with Crippen LogP contribution >= 0.6 is 0 Å². The number of carbonyl (C=O) groups excluding carboxylic acids is 1. The number of benzene rings is 1. The van der Waals surface area contributed by atoms with E-state index < -0.39 is 0 Å². The first-order chi connectivity index (χ1) is 7.99. The van der Waals surface area contributed by atoms with E-state index in [1.807, 2.05) is 6.92 Å². The molecule has 0 bridgehead atoms. The van der Waals surface area contributed by atoms with E-state index in [1.54, 1.807) is 26.0 Å². The minimum absolute atomic E-state index is 0.0700. The Labute approximate surface area is 101 Å². The largest absolute Gasteiger partial charge is 0.378 e. The first-order valence-corrected chi connectivity index (χ1v) is 5.91. The molecule has 0 aliphatic carbocycles. The lowest BCUT2D eigenvalue weighted by Crippen LogP contribution is -2.15. The second kappa shape index (κ2) is 4.57. The third-order valence-electron chi connectivity index (χ3n) is 3.29. The van der Waals surface area contributed by atoms with Crippen LogP contribution < -0.4 is 0 Å². The molecule has 0 spiro atoms. The van der Waals surface area contributed by atoms with Crippen molar-refractivity contribution in [1.29, 1.82) is 0 Å². The highest BCUT2D eigenvalue weighted by atomic mass is 19.1. The molecule has 1 fully saturated rings. The molecule has 2 atom stereocenters. The lowest BCUT2D eigenvalue weighted by Gasteiger charge is -2.09. The molecular weight excluding hydrogens is 219 g/mol. The van der Waals surface area contributed by atoms with Crippen molar-refractivity contribution in [3.8, 4) is 0 Å². The van der Waals surface area contributed by atoms with Crippen LogP contribution in [0, 0.1) is 25.6 Å². The summed E-state index contributed by atoms with van der Waals surface area (Å²) in [6.45, 7) is 5.82. The standard InChI is InChI=1S/C14H17FO2/c1-8-4-11(5-9(2)13(8)15)14(16)12-6-10(3)17-7-12/h4-5,10,12H,6-7H2,1-3H3. The maximum Gasteiger partial charge on any atom is 0.168 e. The minimum Gasteiger partial charge on any atom is -0.378 e. The average Bonchev–Trinajstić information content (AvgIpc) is 2.71. The molecule has 3 heteroatoms. The van der Waals surface area contributed by atoms with Crippen molar-refractivity contribution in [1.82, 2.24) is 0 Å². The Kier molecular flexibility index (Phi) is 3.29. The van der Waals surface area contributed by atoms with Gasteiger partial charge in [-0.3, -0.25) is 4.79 Å². The molecule has 17 heavy (non-hydrogen) atoms. The van der Waals surface area contributed by atoms with Crippen LogP contribution in [0.4, 0.5) is 4.39 Å². The quantitative estimate of drug-likeness (QED) is 0.738. The van der Waals surface area contributed by atoms with Gasteiger partial charge in [0.2, 0.25) is 0 Å². The molecule has 92 valence electrons. The van der Waals surface area contributed by atoms with Crippen molar-refractivity contribution in [2.45, 2.75) is 33.3 Å². The molecule has 2 nitrogen and oxygen atoms in total. The summed E-state index contributed by atoms with van der Waals surface area (Å²) >= 11 is 0. The van der Waals surface area contributed by atoms with E-state index in [9.17, 15) is 9.18 Å². The molecule has 1 aliphatic heterocycles. The molecular formula is C14H17FO2. The predicted molar refractivity (Wildman–Crippen MR) is 63.7 cm³/mol. The SMILES string of the molecule is Cc1cc(C(=O)C2COC(C)C2)cc(C)c1F. The molecule has 1 aromatic carbocycles. The van der Waals surface area contributed by atoms with Gasteiger partial charge in [-0.25, -0.2) is 4.39 Å². The molecule has 1 aromatic rings. The van der Waals surface area contributed by atoms with Crippen molar-refractivity contribution in [3.63, 3.8) is 0 Å². The average molecular weight is 236 g/mol. The second-order valence-electron chi connectivity index (χ2n) is 4.86. The number of ether oxygens (including phenoxy) is 1. The number of Topliss-reactive ketones (excluding diaryl/α,β-unsaturated/α-hetero) is 1. The second-order valence-corrected chi connectivity index (χ2v) is 4.86. The van der Waals surface area contributed by atoms with Gasteiger partial charge in [0.15, 0.2) is 5.78 Å². The maximum absolute atomic E-state index is 13.5. The summed E-state index contributed by atoms with van der Waals surface area (Å²) in [5.41, 5.74) is 1.66. The van der Waals surface area contributed by atoms with E-state index in [0.717, 1.165) is 6.42 Å². The number of aryl methyl sites for hydroxylation is 2. The van der Waals surface area contributed by atoms with Crippen LogP contribution in [-0.4, -0.2) is 18.5 Å². The van der Waals surface area contributed by atoms with Crippen LogP contribution in [0.25, 0.3) is 0 Å². The Bertz CT molecular complexity index is 431. The van der Waals surface area contributed by atoms with Crippen molar-refractivity contribution >= 4 is 5.78 Å². The van der Waals surface area contributed by atoms with Crippen molar-refractivity contribution in [2.75, 3.05) is 6.61 Å². The number of halogens is 1. The third kappa shape index (κ3) is 2.39. The fourth-order valence-electron chi connectivity index (χ4n) is 2.32. The Hall–Kier alpha value is -1.22. The van der Waals surface area contributed by atoms with Gasteiger partial charge in [-0.05, 0) is 50.5 Å². The first-order valence-electron chi connectivity index (χ1n) is 5.91. The highest BCUT2D eigenvalue weighted by Crippen LogP contribution is 2.25. The highest BCUT2D eigenvalue weighted by molar-refractivity contribution is 5.98. The highest BCUT2D eigenvalue weighted by Gasteiger charge is 2.29. The fourth-order valence-corrected chi connectivity index (χ4v) is 2.32. The molecule has 1 saturated heterocycles. The number of carbonyl (C=O) groups is 1. The molecule has 0 aromatic heterocycles. The molecule has 0 N–H and O–H groups in total. The lowest BCUT2D eigenvalue weighted by atomic mass is 9.93. The number of ketones is 1. The third-order valence-corrected chi connectivity index (χ3v) is 3.29. The number of hydrogen-bond acceptors (Lipinski definition) is 2. The normalized spacial score (nSPS) is 24.0. The van der Waals surface area contributed by atoms with Crippen molar-refractivity contribution in [3.05, 3.63) is 34.6 Å². The topological polar surface area (TPSA) is 26.3 Å². The van der Waals surface area contributed by atoms with E-state index in [1.165, 1.54) is 0 Å². The maximum atomic E-state index is 13.5. The van der Waals surface area contributed by atoms with Crippen LogP contribution in [0.15, 0.2) is 12.1 Å². The first kappa shape index (κ1) is 12.2. The van der Waals surface area contributed by atoms with Gasteiger partial charge in [-0.2, -0.15) is 0 Å². The molecule has 0 amide bonds. The van der Waals surface area contributed by atoms with E-state index in [-0.39, 0.29) is 23.6 Å². The van der Waals surface area contributed by atoms with Gasteiger partial charge in [0.25, 0.3) is 0 Å². The summed E-state index contributed by atoms with van der Waals surface area (Å²) in [4.78, 5) is 12.2. The van der Waals surface area contributed by atoms with E-state index in [2.05, 4.69) is 0 Å². The van der Waals surface area contributed by atoms with Crippen molar-refractivity contribution in [2.24, 2.45) is 5.92 Å².